The second-order valence-electron chi connectivity index (χ2n) is 7.38. The van der Waals surface area contributed by atoms with Crippen LogP contribution in [0.25, 0.3) is 0 Å². The minimum atomic E-state index is -1.26. The molecule has 0 bridgehead atoms. The van der Waals surface area contributed by atoms with Crippen molar-refractivity contribution in [3.63, 3.8) is 0 Å². The van der Waals surface area contributed by atoms with Crippen LogP contribution in [0.2, 0.25) is 0 Å². The van der Waals surface area contributed by atoms with Crippen LogP contribution in [-0.4, -0.2) is 86.6 Å². The van der Waals surface area contributed by atoms with E-state index in [1.807, 2.05) is 6.26 Å². The Hall–Kier alpha value is -2.78. The maximum Gasteiger partial charge on any atom is 0.326 e. The molecule has 0 spiro atoms. The lowest BCUT2D eigenvalue weighted by atomic mass is 10.1. The molecule has 0 saturated heterocycles. The Morgan fingerprint density at radius 2 is 1.71 bits per heavy atom. The van der Waals surface area contributed by atoms with Gasteiger partial charge in [0, 0.05) is 30.5 Å². The summed E-state index contributed by atoms with van der Waals surface area (Å²) in [6.45, 7) is 0. The Morgan fingerprint density at radius 3 is 2.24 bits per heavy atom. The van der Waals surface area contributed by atoms with E-state index < -0.39 is 53.8 Å². The van der Waals surface area contributed by atoms with E-state index in [1.54, 1.807) is 0 Å². The third kappa shape index (κ3) is 10.4. The number of nitrogens with two attached hydrogens (primary N) is 2. The molecule has 4 amide bonds. The summed E-state index contributed by atoms with van der Waals surface area (Å²) in [4.78, 5) is 66.9. The number of carbonyl (C=O) groups excluding carboxylic acids is 4. The molecule has 1 rings (SSSR count). The number of aromatic nitrogens is 2. The number of aliphatic carboxylic acids is 1. The number of hydrogen-bond donors (Lipinski definition) is 8. The maximum absolute atomic E-state index is 12.8. The Morgan fingerprint density at radius 1 is 1.09 bits per heavy atom. The summed E-state index contributed by atoms with van der Waals surface area (Å²) in [5, 5.41) is 16.8. The smallest absolute Gasteiger partial charge is 0.326 e. The summed E-state index contributed by atoms with van der Waals surface area (Å²) in [6, 6.07) is -4.46. The van der Waals surface area contributed by atoms with Crippen LogP contribution in [0, 0.1) is 0 Å². The molecule has 1 aromatic heterocycles. The Kier molecular flexibility index (Phi) is 13.1. The van der Waals surface area contributed by atoms with Crippen molar-refractivity contribution in [3.8, 4) is 0 Å². The highest BCUT2D eigenvalue weighted by Gasteiger charge is 2.30. The molecule has 0 aliphatic carbocycles. The summed E-state index contributed by atoms with van der Waals surface area (Å²) in [5.41, 5.74) is 11.3. The molecule has 0 aliphatic heterocycles. The van der Waals surface area contributed by atoms with E-state index in [4.69, 9.17) is 11.5 Å². The number of carboxylic acids is 1. The number of nitrogens with zero attached hydrogens (tertiary/aromatic N) is 1. The number of imidazole rings is 1. The fourth-order valence-electron chi connectivity index (χ4n) is 2.77. The number of nitrogens with one attached hydrogen (secondary N) is 4. The van der Waals surface area contributed by atoms with Gasteiger partial charge in [0.25, 0.3) is 0 Å². The van der Waals surface area contributed by atoms with Gasteiger partial charge in [0.15, 0.2) is 0 Å². The van der Waals surface area contributed by atoms with Crippen LogP contribution in [0.15, 0.2) is 12.5 Å². The van der Waals surface area contributed by atoms with Crippen LogP contribution < -0.4 is 27.4 Å². The molecule has 1 heterocycles. The third-order valence-corrected chi connectivity index (χ3v) is 5.70. The van der Waals surface area contributed by atoms with Gasteiger partial charge in [-0.05, 0) is 24.9 Å². The van der Waals surface area contributed by atoms with E-state index in [0.717, 1.165) is 0 Å². The lowest BCUT2D eigenvalue weighted by Gasteiger charge is -2.24. The number of carboxylic acid groups (broad SMARTS) is 1. The molecule has 0 aromatic carbocycles. The van der Waals surface area contributed by atoms with Crippen LogP contribution in [0.3, 0.4) is 0 Å². The minimum absolute atomic E-state index is 0.0204. The molecular weight excluding hydrogens is 486 g/mol. The first kappa shape index (κ1) is 29.3. The number of thioether (sulfide) groups is 1. The first-order chi connectivity index (χ1) is 16.1. The Bertz CT molecular complexity index is 839. The fraction of sp³-hybridized carbons (Fsp3) is 0.579. The molecule has 1 aromatic rings. The predicted octanol–water partition coefficient (Wildman–Crippen LogP) is -2.23. The van der Waals surface area contributed by atoms with Crippen molar-refractivity contribution in [2.75, 3.05) is 17.8 Å². The van der Waals surface area contributed by atoms with Crippen LogP contribution >= 0.6 is 24.4 Å². The van der Waals surface area contributed by atoms with Crippen LogP contribution in [0.5, 0.6) is 0 Å². The maximum atomic E-state index is 12.8. The molecule has 0 fully saturated rings. The second kappa shape index (κ2) is 15.2. The fourth-order valence-corrected chi connectivity index (χ4v) is 3.50. The Balaban J connectivity index is 2.80. The van der Waals surface area contributed by atoms with Gasteiger partial charge in [-0.1, -0.05) is 0 Å². The van der Waals surface area contributed by atoms with Crippen molar-refractivity contribution >= 4 is 54.0 Å². The molecule has 0 radical (unpaired) electrons. The number of carbonyl (C=O) groups is 5. The van der Waals surface area contributed by atoms with E-state index in [0.29, 0.717) is 11.4 Å². The largest absolute Gasteiger partial charge is 0.480 e. The van der Waals surface area contributed by atoms with Gasteiger partial charge < -0.3 is 37.5 Å². The predicted molar refractivity (Wildman–Crippen MR) is 129 cm³/mol. The van der Waals surface area contributed by atoms with Crippen LogP contribution in [-0.2, 0) is 30.4 Å². The molecule has 4 atom stereocenters. The highest BCUT2D eigenvalue weighted by atomic mass is 32.2. The Labute approximate surface area is 206 Å². The van der Waals surface area contributed by atoms with E-state index in [-0.39, 0.29) is 31.4 Å². The van der Waals surface area contributed by atoms with Crippen molar-refractivity contribution in [1.82, 2.24) is 25.9 Å². The summed E-state index contributed by atoms with van der Waals surface area (Å²) >= 11 is 5.54. The van der Waals surface area contributed by atoms with Gasteiger partial charge in [0.05, 0.1) is 12.4 Å². The zero-order valence-electron chi connectivity index (χ0n) is 18.7. The van der Waals surface area contributed by atoms with Gasteiger partial charge in [-0.15, -0.1) is 0 Å². The number of H-pyrrole nitrogens is 1. The molecule has 0 aliphatic rings. The first-order valence-corrected chi connectivity index (χ1v) is 12.4. The summed E-state index contributed by atoms with van der Waals surface area (Å²) < 4.78 is 0. The zero-order chi connectivity index (χ0) is 25.7. The zero-order valence-corrected chi connectivity index (χ0v) is 20.4. The number of amides is 4. The molecule has 0 saturated carbocycles. The van der Waals surface area contributed by atoms with E-state index >= 15 is 0 Å². The monoisotopic (exact) mass is 517 g/mol. The van der Waals surface area contributed by atoms with E-state index in [2.05, 4.69) is 38.5 Å². The SMILES string of the molecule is CSCCC(NC(=O)C(N)CCC(N)=O)C(=O)NC(CS)C(=O)NC(Cc1cnc[nH]1)C(=O)O. The number of primary amides is 1. The molecule has 13 nitrogen and oxygen atoms in total. The van der Waals surface area contributed by atoms with Gasteiger partial charge in [-0.2, -0.15) is 24.4 Å². The van der Waals surface area contributed by atoms with Crippen molar-refractivity contribution in [2.24, 2.45) is 11.5 Å². The lowest BCUT2D eigenvalue weighted by Crippen LogP contribution is -2.58. The van der Waals surface area contributed by atoms with Crippen molar-refractivity contribution < 1.29 is 29.1 Å². The van der Waals surface area contributed by atoms with Crippen molar-refractivity contribution in [1.29, 1.82) is 0 Å². The molecule has 15 heteroatoms. The second-order valence-corrected chi connectivity index (χ2v) is 8.73. The standard InChI is InChI=1S/C19H31N7O6S2/c1-34-5-4-12(24-16(28)11(20)2-3-15(21)27)17(29)26-14(8-33)18(30)25-13(19(31)32)6-10-7-22-9-23-10/h7,9,11-14,33H,2-6,8,20H2,1H3,(H2,21,27)(H,22,23)(H,24,28)(H,25,30)(H,26,29)(H,31,32). The number of thiol groups is 1. The third-order valence-electron chi connectivity index (χ3n) is 4.69. The molecule has 9 N–H and O–H groups in total. The van der Waals surface area contributed by atoms with E-state index in [9.17, 15) is 29.1 Å². The van der Waals surface area contributed by atoms with Crippen LogP contribution in [0.1, 0.15) is 25.0 Å². The number of rotatable bonds is 16. The normalized spacial score (nSPS) is 14.3. The average molecular weight is 518 g/mol. The number of hydrogen-bond acceptors (Lipinski definition) is 9. The molecule has 190 valence electrons. The lowest BCUT2D eigenvalue weighted by molar-refractivity contribution is -0.142. The molecule has 4 unspecified atom stereocenters. The van der Waals surface area contributed by atoms with Gasteiger partial charge in [-0.3, -0.25) is 19.2 Å². The van der Waals surface area contributed by atoms with Crippen LogP contribution in [0.4, 0.5) is 0 Å². The highest BCUT2D eigenvalue weighted by Crippen LogP contribution is 2.05. The van der Waals surface area contributed by atoms with Gasteiger partial charge in [0.1, 0.15) is 18.1 Å². The van der Waals surface area contributed by atoms with Gasteiger partial charge in [0.2, 0.25) is 23.6 Å². The summed E-state index contributed by atoms with van der Waals surface area (Å²) in [7, 11) is 0. The summed E-state index contributed by atoms with van der Waals surface area (Å²) in [5.74, 6) is -3.49. The topological polar surface area (TPSA) is 222 Å². The molecule has 34 heavy (non-hydrogen) atoms. The number of aromatic amines is 1. The van der Waals surface area contributed by atoms with E-state index in [1.165, 1.54) is 24.3 Å². The molecular formula is C19H31N7O6S2. The first-order valence-electron chi connectivity index (χ1n) is 10.3. The van der Waals surface area contributed by atoms with Crippen molar-refractivity contribution in [3.05, 3.63) is 18.2 Å². The van der Waals surface area contributed by atoms with Crippen molar-refractivity contribution in [2.45, 2.75) is 49.9 Å². The minimum Gasteiger partial charge on any atom is -0.480 e. The quantitative estimate of drug-likeness (QED) is 0.111. The summed E-state index contributed by atoms with van der Waals surface area (Å²) in [6.07, 6.45) is 4.80. The highest BCUT2D eigenvalue weighted by molar-refractivity contribution is 7.98. The van der Waals surface area contributed by atoms with Gasteiger partial charge in [-0.25, -0.2) is 9.78 Å². The van der Waals surface area contributed by atoms with Gasteiger partial charge >= 0.3 is 5.97 Å². The average Bonchev–Trinajstić information content (AvgIpc) is 3.30.